The predicted molar refractivity (Wildman–Crippen MR) is 295 cm³/mol. The van der Waals surface area contributed by atoms with E-state index in [4.69, 9.17) is 30.4 Å². The molecule has 0 aliphatic carbocycles. The SMILES string of the molecule is C#Cc1c(F)ccc2cc(O)cc(-c3ncc4c(N5CC6CCC(C5)N6C(=O)OC(COC(=O)CCCCCCCCCCC)COC(=O)CCCCCCCCCCC)nc(OC[C@@]56CCCN5C[C@H](F)C6)nc4c3F)c12. The molecule has 2 aromatic carbocycles. The number of unbranched alkanes of at least 4 members (excludes halogenated alkanes) is 16. The normalized spacial score (nSPS) is 19.9. The molecule has 2 bridgehead atoms. The Hall–Kier alpha value is -5.89. The first-order valence-corrected chi connectivity index (χ1v) is 29.3. The molecule has 8 rings (SSSR count). The molecule has 4 aliphatic heterocycles. The molecule has 14 nitrogen and oxygen atoms in total. The fraction of sp³-hybridized carbons (Fsp3) is 0.639. The van der Waals surface area contributed by atoms with E-state index in [9.17, 15) is 23.9 Å². The molecular weight excluding hydrogens is 1000 g/mol. The van der Waals surface area contributed by atoms with Crippen molar-refractivity contribution in [2.24, 2.45) is 0 Å². The van der Waals surface area contributed by atoms with Crippen molar-refractivity contribution in [2.45, 2.75) is 204 Å². The fourth-order valence-corrected chi connectivity index (χ4v) is 12.3. The van der Waals surface area contributed by atoms with Gasteiger partial charge in [-0.1, -0.05) is 129 Å². The molecule has 424 valence electrons. The van der Waals surface area contributed by atoms with Gasteiger partial charge in [-0.15, -0.1) is 6.42 Å². The molecule has 78 heavy (non-hydrogen) atoms. The molecule has 0 spiro atoms. The van der Waals surface area contributed by atoms with Gasteiger partial charge < -0.3 is 29.0 Å². The topological polar surface area (TPSA) is 157 Å². The number of carbonyl (C=O) groups is 3. The number of terminal acetylenes is 1. The monoisotopic (exact) mass is 1080 g/mol. The van der Waals surface area contributed by atoms with Crippen molar-refractivity contribution in [3.05, 3.63) is 47.7 Å². The van der Waals surface area contributed by atoms with Gasteiger partial charge in [0.2, 0.25) is 0 Å². The molecule has 4 aliphatic rings. The summed E-state index contributed by atoms with van der Waals surface area (Å²) in [5.41, 5.74) is -1.00. The Morgan fingerprint density at radius 2 is 1.42 bits per heavy atom. The lowest BCUT2D eigenvalue weighted by atomic mass is 9.95. The number of piperazine rings is 1. The lowest BCUT2D eigenvalue weighted by Crippen LogP contribution is -2.57. The largest absolute Gasteiger partial charge is 0.508 e. The molecule has 2 aromatic heterocycles. The second kappa shape index (κ2) is 28.3. The molecule has 4 saturated heterocycles. The number of aromatic nitrogens is 3. The van der Waals surface area contributed by atoms with Crippen molar-refractivity contribution < 1.29 is 51.6 Å². The van der Waals surface area contributed by atoms with E-state index >= 15 is 8.78 Å². The van der Waals surface area contributed by atoms with Gasteiger partial charge in [0, 0.05) is 56.0 Å². The Bertz CT molecular complexity index is 2670. The molecule has 1 N–H and O–H groups in total. The molecular formula is C61H81F3N6O8. The summed E-state index contributed by atoms with van der Waals surface area (Å²) in [4.78, 5) is 60.1. The van der Waals surface area contributed by atoms with Crippen LogP contribution in [-0.2, 0) is 23.8 Å². The first-order valence-electron chi connectivity index (χ1n) is 29.3. The number of hydrogen-bond donors (Lipinski definition) is 1. The lowest BCUT2D eigenvalue weighted by Gasteiger charge is -2.41. The Balaban J connectivity index is 0.976. The highest BCUT2D eigenvalue weighted by Gasteiger charge is 2.50. The van der Waals surface area contributed by atoms with E-state index in [1.54, 1.807) is 4.90 Å². The maximum Gasteiger partial charge on any atom is 0.410 e. The molecule has 2 unspecified atom stereocenters. The number of nitrogens with zero attached hydrogens (tertiary/aromatic N) is 6. The van der Waals surface area contributed by atoms with Crippen LogP contribution < -0.4 is 9.64 Å². The molecule has 4 atom stereocenters. The van der Waals surface area contributed by atoms with Gasteiger partial charge in [-0.25, -0.2) is 18.0 Å². The maximum absolute atomic E-state index is 17.4. The number of pyridine rings is 1. The lowest BCUT2D eigenvalue weighted by molar-refractivity contribution is -0.153. The highest BCUT2D eigenvalue weighted by molar-refractivity contribution is 6.03. The summed E-state index contributed by atoms with van der Waals surface area (Å²) >= 11 is 0. The van der Waals surface area contributed by atoms with Crippen LogP contribution in [-0.4, -0.2) is 124 Å². The number of aromatic hydroxyl groups is 1. The number of hydrogen-bond acceptors (Lipinski definition) is 13. The Morgan fingerprint density at radius 3 is 2.03 bits per heavy atom. The summed E-state index contributed by atoms with van der Waals surface area (Å²) in [6, 6.07) is 4.44. The molecule has 17 heteroatoms. The van der Waals surface area contributed by atoms with E-state index < -0.39 is 47.5 Å². The zero-order chi connectivity index (χ0) is 55.0. The fourth-order valence-electron chi connectivity index (χ4n) is 12.3. The third kappa shape index (κ3) is 14.7. The van der Waals surface area contributed by atoms with Crippen LogP contribution in [0.25, 0.3) is 32.9 Å². The highest BCUT2D eigenvalue weighted by atomic mass is 19.1. The number of carbonyl (C=O) groups excluding carboxylic acids is 3. The number of amides is 1. The minimum Gasteiger partial charge on any atom is -0.508 e. The van der Waals surface area contributed by atoms with Crippen LogP contribution in [0.3, 0.4) is 0 Å². The quantitative estimate of drug-likeness (QED) is 0.0228. The van der Waals surface area contributed by atoms with Crippen molar-refractivity contribution in [1.29, 1.82) is 0 Å². The maximum atomic E-state index is 17.4. The van der Waals surface area contributed by atoms with Crippen LogP contribution in [0.4, 0.5) is 23.8 Å². The number of rotatable bonds is 30. The van der Waals surface area contributed by atoms with E-state index in [0.29, 0.717) is 49.9 Å². The van der Waals surface area contributed by atoms with Gasteiger partial charge in [0.1, 0.15) is 54.6 Å². The van der Waals surface area contributed by atoms with Crippen LogP contribution in [0, 0.1) is 24.0 Å². The Morgan fingerprint density at radius 1 is 0.821 bits per heavy atom. The number of esters is 2. The number of phenols is 1. The molecule has 4 aromatic rings. The van der Waals surface area contributed by atoms with Crippen LogP contribution in [0.2, 0.25) is 0 Å². The molecule has 4 fully saturated rings. The van der Waals surface area contributed by atoms with Crippen molar-refractivity contribution in [1.82, 2.24) is 24.8 Å². The standard InChI is InChI=1S/C61H81F3N6O8/c1-4-7-9-11-13-15-17-19-21-24-52(72)75-39-47(40-76-53(73)25-22-20-18-16-14-12-10-8-5-2)78-60(74)70-44-27-28-45(70)38-68(37-44)58-50-35-65-56(49-33-46(71)32-42-26-29-51(63)48(6-3)54(42)49)55(64)57(50)66-59(67-58)77-41-61-30-23-31-69(61)36-43(62)34-61/h3,26,29,32-33,35,43-45,47,71H,4-5,7-25,27-28,30-31,34,36-41H2,1-2H3/t43-,44?,45?,61+/m1/s1. The zero-order valence-corrected chi connectivity index (χ0v) is 46.0. The van der Waals surface area contributed by atoms with Gasteiger partial charge in [-0.3, -0.25) is 24.4 Å². The summed E-state index contributed by atoms with van der Waals surface area (Å²) in [7, 11) is 0. The van der Waals surface area contributed by atoms with Crippen molar-refractivity contribution >= 4 is 45.5 Å². The van der Waals surface area contributed by atoms with E-state index in [1.165, 1.54) is 94.7 Å². The number of fused-ring (bicyclic) bond motifs is 5. The van der Waals surface area contributed by atoms with Crippen molar-refractivity contribution in [3.8, 4) is 35.4 Å². The minimum absolute atomic E-state index is 0.0607. The number of ether oxygens (including phenoxy) is 4. The van der Waals surface area contributed by atoms with Crippen LogP contribution in [0.15, 0.2) is 30.5 Å². The highest BCUT2D eigenvalue weighted by Crippen LogP contribution is 2.43. The van der Waals surface area contributed by atoms with Gasteiger partial charge in [-0.2, -0.15) is 9.97 Å². The van der Waals surface area contributed by atoms with Gasteiger partial charge in [0.25, 0.3) is 0 Å². The third-order valence-corrected chi connectivity index (χ3v) is 16.4. The van der Waals surface area contributed by atoms with E-state index in [-0.39, 0.29) is 103 Å². The van der Waals surface area contributed by atoms with E-state index in [2.05, 4.69) is 34.6 Å². The Kier molecular flexibility index (Phi) is 21.1. The number of anilines is 1. The molecule has 0 radical (unpaired) electrons. The number of phenolic OH excluding ortho intramolecular Hbond substituents is 1. The van der Waals surface area contributed by atoms with Crippen molar-refractivity contribution in [2.75, 3.05) is 50.9 Å². The molecule has 0 saturated carbocycles. The number of benzene rings is 2. The van der Waals surface area contributed by atoms with Crippen LogP contribution in [0.5, 0.6) is 11.8 Å². The minimum atomic E-state index is -1.04. The van der Waals surface area contributed by atoms with E-state index in [1.807, 2.05) is 4.90 Å². The molecule has 1 amide bonds. The van der Waals surface area contributed by atoms with Gasteiger partial charge >= 0.3 is 24.0 Å². The molecule has 6 heterocycles. The Labute approximate surface area is 458 Å². The summed E-state index contributed by atoms with van der Waals surface area (Å²) in [5.74, 6) is 0.0923. The average Bonchev–Trinajstić information content (AvgIpc) is 4.20. The summed E-state index contributed by atoms with van der Waals surface area (Å²) in [6.07, 6.45) is 28.1. The van der Waals surface area contributed by atoms with Gasteiger partial charge in [0.15, 0.2) is 11.9 Å². The summed E-state index contributed by atoms with van der Waals surface area (Å²) < 4.78 is 71.3. The smallest absolute Gasteiger partial charge is 0.410 e. The third-order valence-electron chi connectivity index (χ3n) is 16.4. The second-order valence-electron chi connectivity index (χ2n) is 22.3. The van der Waals surface area contributed by atoms with Crippen molar-refractivity contribution in [3.63, 3.8) is 0 Å². The second-order valence-corrected chi connectivity index (χ2v) is 22.3. The first-order chi connectivity index (χ1) is 37.9. The predicted octanol–water partition coefficient (Wildman–Crippen LogP) is 12.9. The van der Waals surface area contributed by atoms with E-state index in [0.717, 1.165) is 57.9 Å². The summed E-state index contributed by atoms with van der Waals surface area (Å²) in [6.45, 7) is 5.53. The first kappa shape index (κ1) is 58.3. The number of alkyl halides is 1. The van der Waals surface area contributed by atoms with Crippen LogP contribution >= 0.6 is 0 Å². The van der Waals surface area contributed by atoms with Crippen LogP contribution in [0.1, 0.15) is 180 Å². The van der Waals surface area contributed by atoms with Gasteiger partial charge in [-0.05, 0) is 68.7 Å². The van der Waals surface area contributed by atoms with Gasteiger partial charge in [0.05, 0.1) is 28.6 Å². The summed E-state index contributed by atoms with van der Waals surface area (Å²) in [5, 5.41) is 11.6. The number of halogens is 3. The zero-order valence-electron chi connectivity index (χ0n) is 46.0. The average molecular weight is 1080 g/mol.